The molecule has 0 saturated heterocycles. The maximum Gasteiger partial charge on any atom is 0.141 e. The molecule has 0 radical (unpaired) electrons. The zero-order valence-electron chi connectivity index (χ0n) is 15.7. The van der Waals surface area contributed by atoms with E-state index in [-0.39, 0.29) is 0 Å². The highest BCUT2D eigenvalue weighted by Gasteiger charge is 2.14. The van der Waals surface area contributed by atoms with Crippen LogP contribution in [0.25, 0.3) is 33.2 Å². The highest BCUT2D eigenvalue weighted by molar-refractivity contribution is 5.86. The maximum absolute atomic E-state index is 5.31. The number of nitrogens with zero attached hydrogens (tertiary/aromatic N) is 2. The predicted molar refractivity (Wildman–Crippen MR) is 115 cm³/mol. The van der Waals surface area contributed by atoms with Gasteiger partial charge in [-0.25, -0.2) is 4.98 Å². The average Bonchev–Trinajstić information content (AvgIpc) is 3.12. The minimum atomic E-state index is 0.767. The van der Waals surface area contributed by atoms with Crippen LogP contribution in [0.15, 0.2) is 91.0 Å². The number of imidazole rings is 1. The Kier molecular flexibility index (Phi) is 4.06. The van der Waals surface area contributed by atoms with E-state index in [1.54, 1.807) is 7.11 Å². The number of para-hydroxylation sites is 2. The molecule has 0 bridgehead atoms. The van der Waals surface area contributed by atoms with Crippen molar-refractivity contribution in [3.8, 4) is 17.1 Å². The molecule has 0 aliphatic heterocycles. The van der Waals surface area contributed by atoms with Crippen molar-refractivity contribution in [1.82, 2.24) is 9.55 Å². The Morgan fingerprint density at radius 2 is 1.54 bits per heavy atom. The molecule has 136 valence electrons. The van der Waals surface area contributed by atoms with Crippen LogP contribution in [0, 0.1) is 0 Å². The van der Waals surface area contributed by atoms with Gasteiger partial charge in [0.15, 0.2) is 0 Å². The van der Waals surface area contributed by atoms with E-state index in [1.165, 1.54) is 16.3 Å². The van der Waals surface area contributed by atoms with E-state index >= 15 is 0 Å². The van der Waals surface area contributed by atoms with Crippen LogP contribution in [0.2, 0.25) is 0 Å². The van der Waals surface area contributed by atoms with E-state index in [1.807, 2.05) is 18.2 Å². The molecule has 0 aliphatic rings. The largest absolute Gasteiger partial charge is 0.497 e. The molecule has 5 rings (SSSR count). The molecule has 1 aromatic heterocycles. The van der Waals surface area contributed by atoms with E-state index in [9.17, 15) is 0 Å². The summed E-state index contributed by atoms with van der Waals surface area (Å²) in [6.07, 6.45) is 0. The van der Waals surface area contributed by atoms with E-state index in [2.05, 4.69) is 77.4 Å². The zero-order chi connectivity index (χ0) is 18.9. The van der Waals surface area contributed by atoms with Crippen molar-refractivity contribution in [3.63, 3.8) is 0 Å². The summed E-state index contributed by atoms with van der Waals surface area (Å²) in [4.78, 5) is 4.94. The van der Waals surface area contributed by atoms with E-state index in [0.717, 1.165) is 34.7 Å². The van der Waals surface area contributed by atoms with E-state index < -0.39 is 0 Å². The van der Waals surface area contributed by atoms with Gasteiger partial charge in [-0.3, -0.25) is 0 Å². The lowest BCUT2D eigenvalue weighted by molar-refractivity contribution is 0.415. The Hall–Kier alpha value is -3.59. The second kappa shape index (κ2) is 6.86. The van der Waals surface area contributed by atoms with Crippen molar-refractivity contribution in [3.05, 3.63) is 96.6 Å². The molecule has 28 heavy (non-hydrogen) atoms. The van der Waals surface area contributed by atoms with Crippen LogP contribution < -0.4 is 4.74 Å². The van der Waals surface area contributed by atoms with Crippen molar-refractivity contribution in [1.29, 1.82) is 0 Å². The molecule has 1 heterocycles. The van der Waals surface area contributed by atoms with Crippen molar-refractivity contribution in [2.75, 3.05) is 7.11 Å². The van der Waals surface area contributed by atoms with Crippen molar-refractivity contribution in [2.45, 2.75) is 6.54 Å². The fourth-order valence-electron chi connectivity index (χ4n) is 3.80. The smallest absolute Gasteiger partial charge is 0.141 e. The van der Waals surface area contributed by atoms with Crippen LogP contribution in [0.3, 0.4) is 0 Å². The molecule has 0 spiro atoms. The summed E-state index contributed by atoms with van der Waals surface area (Å²) >= 11 is 0. The summed E-state index contributed by atoms with van der Waals surface area (Å²) < 4.78 is 7.62. The summed E-state index contributed by atoms with van der Waals surface area (Å²) in [5.41, 5.74) is 4.52. The first-order valence-electron chi connectivity index (χ1n) is 9.40. The molecule has 0 unspecified atom stereocenters. The van der Waals surface area contributed by atoms with Gasteiger partial charge in [-0.15, -0.1) is 0 Å². The fraction of sp³-hybridized carbons (Fsp3) is 0.0800. The SMILES string of the molecule is COc1ccc(-c2nc3ccccc3n2Cc2cccc3ccccc23)cc1. The van der Waals surface area contributed by atoms with Crippen molar-refractivity contribution < 1.29 is 4.74 Å². The van der Waals surface area contributed by atoms with Gasteiger partial charge in [0, 0.05) is 5.56 Å². The van der Waals surface area contributed by atoms with Crippen LogP contribution in [0.5, 0.6) is 5.75 Å². The van der Waals surface area contributed by atoms with Crippen LogP contribution >= 0.6 is 0 Å². The lowest BCUT2D eigenvalue weighted by atomic mass is 10.0. The molecule has 0 atom stereocenters. The van der Waals surface area contributed by atoms with Crippen LogP contribution in [0.1, 0.15) is 5.56 Å². The summed E-state index contributed by atoms with van der Waals surface area (Å²) in [5.74, 6) is 1.82. The molecule has 0 amide bonds. The molecule has 3 nitrogen and oxygen atoms in total. The normalized spacial score (nSPS) is 11.2. The van der Waals surface area contributed by atoms with Crippen molar-refractivity contribution >= 4 is 21.8 Å². The van der Waals surface area contributed by atoms with Gasteiger partial charge < -0.3 is 9.30 Å². The molecule has 5 aromatic rings. The lowest BCUT2D eigenvalue weighted by Crippen LogP contribution is -2.03. The van der Waals surface area contributed by atoms with Gasteiger partial charge in [0.25, 0.3) is 0 Å². The fourth-order valence-corrected chi connectivity index (χ4v) is 3.80. The number of ether oxygens (including phenoxy) is 1. The number of hydrogen-bond acceptors (Lipinski definition) is 2. The molecular formula is C25H20N2O. The zero-order valence-corrected chi connectivity index (χ0v) is 15.7. The third-order valence-electron chi connectivity index (χ3n) is 5.21. The highest BCUT2D eigenvalue weighted by Crippen LogP contribution is 2.29. The highest BCUT2D eigenvalue weighted by atomic mass is 16.5. The van der Waals surface area contributed by atoms with Crippen LogP contribution in [0.4, 0.5) is 0 Å². The number of benzene rings is 4. The van der Waals surface area contributed by atoms with Gasteiger partial charge >= 0.3 is 0 Å². The number of aromatic nitrogens is 2. The monoisotopic (exact) mass is 364 g/mol. The number of methoxy groups -OCH3 is 1. The van der Waals surface area contributed by atoms with Gasteiger partial charge in [-0.05, 0) is 52.7 Å². The van der Waals surface area contributed by atoms with E-state index in [0.29, 0.717) is 0 Å². The third kappa shape index (κ3) is 2.81. The van der Waals surface area contributed by atoms with Gasteiger partial charge in [-0.2, -0.15) is 0 Å². The van der Waals surface area contributed by atoms with Crippen LogP contribution in [-0.4, -0.2) is 16.7 Å². The molecule has 0 saturated carbocycles. The maximum atomic E-state index is 5.31. The Morgan fingerprint density at radius 1 is 0.786 bits per heavy atom. The van der Waals surface area contributed by atoms with Crippen molar-refractivity contribution in [2.24, 2.45) is 0 Å². The number of hydrogen-bond donors (Lipinski definition) is 0. The Labute approximate surface area is 163 Å². The summed E-state index contributed by atoms with van der Waals surface area (Å²) in [6, 6.07) is 31.5. The second-order valence-corrected chi connectivity index (χ2v) is 6.88. The molecular weight excluding hydrogens is 344 g/mol. The van der Waals surface area contributed by atoms with Gasteiger partial charge in [0.05, 0.1) is 24.7 Å². The number of rotatable bonds is 4. The molecule has 0 aliphatic carbocycles. The first-order chi connectivity index (χ1) is 13.8. The molecule has 3 heteroatoms. The minimum Gasteiger partial charge on any atom is -0.497 e. The summed E-state index contributed by atoms with van der Waals surface area (Å²) in [5, 5.41) is 2.54. The quantitative estimate of drug-likeness (QED) is 0.396. The minimum absolute atomic E-state index is 0.767. The summed E-state index contributed by atoms with van der Waals surface area (Å²) in [6.45, 7) is 0.767. The molecule has 0 fully saturated rings. The second-order valence-electron chi connectivity index (χ2n) is 6.88. The summed E-state index contributed by atoms with van der Waals surface area (Å²) in [7, 11) is 1.69. The standard InChI is InChI=1S/C25H20N2O/c1-28-21-15-13-19(14-16-21)25-26-23-11-4-5-12-24(23)27(25)17-20-9-6-8-18-7-2-3-10-22(18)20/h2-16H,17H2,1H3. The lowest BCUT2D eigenvalue weighted by Gasteiger charge is -2.12. The first kappa shape index (κ1) is 16.6. The molecule has 4 aromatic carbocycles. The average molecular weight is 364 g/mol. The predicted octanol–water partition coefficient (Wildman–Crippen LogP) is 5.91. The Morgan fingerprint density at radius 3 is 2.39 bits per heavy atom. The Bertz CT molecular complexity index is 1260. The topological polar surface area (TPSA) is 27.1 Å². The third-order valence-corrected chi connectivity index (χ3v) is 5.21. The van der Waals surface area contributed by atoms with Gasteiger partial charge in [0.1, 0.15) is 11.6 Å². The van der Waals surface area contributed by atoms with Gasteiger partial charge in [0.2, 0.25) is 0 Å². The van der Waals surface area contributed by atoms with E-state index in [4.69, 9.17) is 9.72 Å². The van der Waals surface area contributed by atoms with Gasteiger partial charge in [-0.1, -0.05) is 54.6 Å². The van der Waals surface area contributed by atoms with Crippen LogP contribution in [-0.2, 0) is 6.54 Å². The first-order valence-corrected chi connectivity index (χ1v) is 9.40. The Balaban J connectivity index is 1.69. The number of fused-ring (bicyclic) bond motifs is 2. The molecule has 0 N–H and O–H groups in total.